The number of hydrogen-bond donors (Lipinski definition) is 1. The van der Waals surface area contributed by atoms with Gasteiger partial charge < -0.3 is 10.2 Å². The molecule has 2 aromatic rings. The summed E-state index contributed by atoms with van der Waals surface area (Å²) in [7, 11) is 0. The van der Waals surface area contributed by atoms with Crippen molar-refractivity contribution in [3.05, 3.63) is 46.3 Å². The molecule has 5 heteroatoms. The van der Waals surface area contributed by atoms with E-state index in [1.807, 2.05) is 36.4 Å². The van der Waals surface area contributed by atoms with Crippen molar-refractivity contribution in [1.29, 1.82) is 0 Å². The van der Waals surface area contributed by atoms with Crippen LogP contribution in [0.1, 0.15) is 28.9 Å². The van der Waals surface area contributed by atoms with Crippen molar-refractivity contribution in [3.8, 4) is 10.4 Å². The first-order chi connectivity index (χ1) is 11.7. The number of likely N-dealkylation sites (tertiary alicyclic amines) is 1. The Hall–Kier alpha value is -1.36. The average molecular weight is 361 g/mol. The molecule has 1 unspecified atom stereocenters. The second kappa shape index (κ2) is 6.51. The number of nitrogens with one attached hydrogen (secondary N) is 1. The van der Waals surface area contributed by atoms with Crippen molar-refractivity contribution in [2.24, 2.45) is 5.41 Å². The van der Waals surface area contributed by atoms with Crippen LogP contribution in [0, 0.1) is 5.41 Å². The summed E-state index contributed by atoms with van der Waals surface area (Å²) in [5.74, 6) is 0.180. The molecular formula is C19H21ClN2OS. The summed E-state index contributed by atoms with van der Waals surface area (Å²) in [6.07, 6.45) is 3.54. The highest BCUT2D eigenvalue weighted by Gasteiger charge is 2.39. The molecule has 3 nitrogen and oxygen atoms in total. The minimum atomic E-state index is 0.180. The van der Waals surface area contributed by atoms with Gasteiger partial charge in [-0.3, -0.25) is 4.79 Å². The fourth-order valence-corrected chi connectivity index (χ4v) is 5.09. The lowest BCUT2D eigenvalue weighted by Crippen LogP contribution is -2.46. The molecule has 24 heavy (non-hydrogen) atoms. The average Bonchev–Trinajstić information content (AvgIpc) is 3.24. The summed E-state index contributed by atoms with van der Waals surface area (Å²) in [6, 6.07) is 11.8. The topological polar surface area (TPSA) is 32.3 Å². The van der Waals surface area contributed by atoms with Gasteiger partial charge in [-0.25, -0.2) is 0 Å². The molecule has 126 valence electrons. The third-order valence-corrected chi connectivity index (χ3v) is 6.56. The third-order valence-electron chi connectivity index (χ3n) is 5.21. The maximum Gasteiger partial charge on any atom is 0.263 e. The third kappa shape index (κ3) is 3.10. The number of rotatable bonds is 2. The van der Waals surface area contributed by atoms with E-state index in [0.29, 0.717) is 5.41 Å². The maximum absolute atomic E-state index is 12.9. The Bertz CT molecular complexity index is 751. The molecule has 1 spiro atoms. The quantitative estimate of drug-likeness (QED) is 0.866. The Kier molecular flexibility index (Phi) is 4.37. The van der Waals surface area contributed by atoms with Crippen LogP contribution in [0.4, 0.5) is 0 Å². The molecule has 0 bridgehead atoms. The highest BCUT2D eigenvalue weighted by molar-refractivity contribution is 7.17. The van der Waals surface area contributed by atoms with Crippen LogP contribution in [-0.2, 0) is 0 Å². The van der Waals surface area contributed by atoms with E-state index in [-0.39, 0.29) is 5.91 Å². The Morgan fingerprint density at radius 1 is 1.25 bits per heavy atom. The standard InChI is InChI=1S/C19H21ClN2OS/c20-15-4-1-3-14(11-15)16-5-6-17(24-16)18(23)22-10-2-7-19(13-22)8-9-21-12-19/h1,3-6,11,21H,2,7-10,12-13H2. The van der Waals surface area contributed by atoms with Gasteiger partial charge >= 0.3 is 0 Å². The number of thiophene rings is 1. The molecule has 4 rings (SSSR count). The van der Waals surface area contributed by atoms with Crippen molar-refractivity contribution in [1.82, 2.24) is 10.2 Å². The van der Waals surface area contributed by atoms with Gasteiger partial charge in [0.15, 0.2) is 0 Å². The molecule has 1 atom stereocenters. The fourth-order valence-electron chi connectivity index (χ4n) is 3.93. The van der Waals surface area contributed by atoms with Gasteiger partial charge in [-0.2, -0.15) is 0 Å². The smallest absolute Gasteiger partial charge is 0.263 e. The van der Waals surface area contributed by atoms with Gasteiger partial charge in [0, 0.05) is 34.9 Å². The molecule has 1 aromatic carbocycles. The highest BCUT2D eigenvalue weighted by atomic mass is 35.5. The van der Waals surface area contributed by atoms with Crippen LogP contribution in [0.5, 0.6) is 0 Å². The molecule has 0 saturated carbocycles. The van der Waals surface area contributed by atoms with Crippen molar-refractivity contribution >= 4 is 28.8 Å². The number of hydrogen-bond acceptors (Lipinski definition) is 3. The van der Waals surface area contributed by atoms with Crippen molar-refractivity contribution in [2.45, 2.75) is 19.3 Å². The van der Waals surface area contributed by atoms with E-state index in [2.05, 4.69) is 10.2 Å². The first-order valence-corrected chi connectivity index (χ1v) is 9.71. The number of nitrogens with zero attached hydrogens (tertiary/aromatic N) is 1. The Labute approximate surface area is 151 Å². The summed E-state index contributed by atoms with van der Waals surface area (Å²) >= 11 is 7.64. The minimum absolute atomic E-state index is 0.180. The van der Waals surface area contributed by atoms with Crippen LogP contribution < -0.4 is 5.32 Å². The molecule has 2 fully saturated rings. The molecule has 2 aliphatic rings. The normalized spacial score (nSPS) is 23.8. The molecule has 2 aliphatic heterocycles. The molecule has 3 heterocycles. The number of benzene rings is 1. The van der Waals surface area contributed by atoms with Crippen LogP contribution in [0.15, 0.2) is 36.4 Å². The lowest BCUT2D eigenvalue weighted by Gasteiger charge is -2.39. The van der Waals surface area contributed by atoms with Crippen LogP contribution >= 0.6 is 22.9 Å². The van der Waals surface area contributed by atoms with Gasteiger partial charge in [0.25, 0.3) is 5.91 Å². The van der Waals surface area contributed by atoms with Crippen LogP contribution in [-0.4, -0.2) is 37.0 Å². The zero-order valence-corrected chi connectivity index (χ0v) is 15.1. The monoisotopic (exact) mass is 360 g/mol. The molecule has 1 amide bonds. The Morgan fingerprint density at radius 3 is 2.96 bits per heavy atom. The molecule has 0 aliphatic carbocycles. The van der Waals surface area contributed by atoms with E-state index >= 15 is 0 Å². The van der Waals surface area contributed by atoms with E-state index in [1.54, 1.807) is 11.3 Å². The number of amides is 1. The van der Waals surface area contributed by atoms with Crippen molar-refractivity contribution < 1.29 is 4.79 Å². The molecule has 2 saturated heterocycles. The lowest BCUT2D eigenvalue weighted by atomic mass is 9.79. The number of carbonyl (C=O) groups excluding carboxylic acids is 1. The Morgan fingerprint density at radius 2 is 2.17 bits per heavy atom. The van der Waals surface area contributed by atoms with Crippen molar-refractivity contribution in [3.63, 3.8) is 0 Å². The summed E-state index contributed by atoms with van der Waals surface area (Å²) < 4.78 is 0. The van der Waals surface area contributed by atoms with Crippen LogP contribution in [0.25, 0.3) is 10.4 Å². The second-order valence-corrected chi connectivity index (χ2v) is 8.45. The SMILES string of the molecule is O=C(c1ccc(-c2cccc(Cl)c2)s1)N1CCCC2(CCNC2)C1. The summed E-state index contributed by atoms with van der Waals surface area (Å²) in [5.41, 5.74) is 1.38. The van der Waals surface area contributed by atoms with E-state index in [0.717, 1.165) is 52.9 Å². The van der Waals surface area contributed by atoms with Crippen LogP contribution in [0.2, 0.25) is 5.02 Å². The van der Waals surface area contributed by atoms with Gasteiger partial charge in [0.05, 0.1) is 4.88 Å². The molecular weight excluding hydrogens is 340 g/mol. The van der Waals surface area contributed by atoms with E-state index < -0.39 is 0 Å². The van der Waals surface area contributed by atoms with E-state index in [1.165, 1.54) is 12.8 Å². The number of halogens is 1. The van der Waals surface area contributed by atoms with Gasteiger partial charge in [-0.15, -0.1) is 11.3 Å². The second-order valence-electron chi connectivity index (χ2n) is 6.93. The summed E-state index contributed by atoms with van der Waals surface area (Å²) in [6.45, 7) is 3.91. The van der Waals surface area contributed by atoms with E-state index in [4.69, 9.17) is 11.6 Å². The highest BCUT2D eigenvalue weighted by Crippen LogP contribution is 2.37. The summed E-state index contributed by atoms with van der Waals surface area (Å²) in [5, 5.41) is 4.19. The Balaban J connectivity index is 1.52. The number of piperidine rings is 1. The van der Waals surface area contributed by atoms with Gasteiger partial charge in [0.2, 0.25) is 0 Å². The zero-order valence-electron chi connectivity index (χ0n) is 13.6. The molecule has 0 radical (unpaired) electrons. The molecule has 1 aromatic heterocycles. The van der Waals surface area contributed by atoms with Gasteiger partial charge in [-0.05, 0) is 55.6 Å². The first-order valence-electron chi connectivity index (χ1n) is 8.51. The zero-order chi connectivity index (χ0) is 16.6. The van der Waals surface area contributed by atoms with Crippen molar-refractivity contribution in [2.75, 3.05) is 26.2 Å². The van der Waals surface area contributed by atoms with Gasteiger partial charge in [0.1, 0.15) is 0 Å². The largest absolute Gasteiger partial charge is 0.337 e. The minimum Gasteiger partial charge on any atom is -0.337 e. The fraction of sp³-hybridized carbons (Fsp3) is 0.421. The lowest BCUT2D eigenvalue weighted by molar-refractivity contribution is 0.0558. The molecule has 1 N–H and O–H groups in total. The number of carbonyl (C=O) groups is 1. The van der Waals surface area contributed by atoms with E-state index in [9.17, 15) is 4.79 Å². The maximum atomic E-state index is 12.9. The predicted molar refractivity (Wildman–Crippen MR) is 99.8 cm³/mol. The first kappa shape index (κ1) is 16.1. The summed E-state index contributed by atoms with van der Waals surface area (Å²) in [4.78, 5) is 16.9. The van der Waals surface area contributed by atoms with Crippen LogP contribution in [0.3, 0.4) is 0 Å². The predicted octanol–water partition coefficient (Wildman–Crippen LogP) is 4.28. The van der Waals surface area contributed by atoms with Gasteiger partial charge in [-0.1, -0.05) is 23.7 Å².